The molecule has 9 heteroatoms. The predicted octanol–water partition coefficient (Wildman–Crippen LogP) is 5.75. The minimum absolute atomic E-state index is 0.207. The molecule has 2 aromatic rings. The van der Waals surface area contributed by atoms with E-state index in [1.165, 1.54) is 12.5 Å². The number of benzene rings is 1. The lowest BCUT2D eigenvalue weighted by atomic mass is 9.92. The van der Waals surface area contributed by atoms with Crippen LogP contribution in [0.1, 0.15) is 69.5 Å². The highest BCUT2D eigenvalue weighted by molar-refractivity contribution is 6.01. The van der Waals surface area contributed by atoms with Crippen LogP contribution >= 0.6 is 0 Å². The molecule has 0 radical (unpaired) electrons. The third-order valence-corrected chi connectivity index (χ3v) is 6.62. The fourth-order valence-corrected chi connectivity index (χ4v) is 4.93. The standard InChI is InChI=1S/C25H33FN4O4/c1-14(2)13-30(16-7-5-4-6-8-16)22-12-20(26)18(17-10-19(17)24(31)32)11-21(22)27-25(33)28-23-9-15(3)29-34-23/h9,11-12,14,16-17,19H,4-8,10,13H2,1-3H3,(H,31,32)(H2,27,28,33)/t17-,19-/m1/s1. The zero-order chi connectivity index (χ0) is 24.4. The summed E-state index contributed by atoms with van der Waals surface area (Å²) in [6.07, 6.45) is 5.87. The van der Waals surface area contributed by atoms with E-state index in [1.54, 1.807) is 19.1 Å². The van der Waals surface area contributed by atoms with E-state index in [1.807, 2.05) is 0 Å². The van der Waals surface area contributed by atoms with Crippen molar-refractivity contribution >= 4 is 29.3 Å². The molecule has 1 aromatic carbocycles. The van der Waals surface area contributed by atoms with Gasteiger partial charge in [-0.15, -0.1) is 0 Å². The topological polar surface area (TPSA) is 108 Å². The Balaban J connectivity index is 1.68. The Bertz CT molecular complexity index is 1050. The van der Waals surface area contributed by atoms with Gasteiger partial charge in [-0.1, -0.05) is 38.3 Å². The van der Waals surface area contributed by atoms with Crippen LogP contribution in [0.2, 0.25) is 0 Å². The molecule has 0 bridgehead atoms. The van der Waals surface area contributed by atoms with Gasteiger partial charge in [0.15, 0.2) is 0 Å². The van der Waals surface area contributed by atoms with Crippen LogP contribution in [0, 0.1) is 24.6 Å². The molecule has 2 atom stereocenters. The first-order chi connectivity index (χ1) is 16.2. The van der Waals surface area contributed by atoms with E-state index in [4.69, 9.17) is 4.52 Å². The van der Waals surface area contributed by atoms with Gasteiger partial charge in [0.25, 0.3) is 0 Å². The average Bonchev–Trinajstić information content (AvgIpc) is 3.49. The maximum Gasteiger partial charge on any atom is 0.326 e. The molecule has 184 valence electrons. The van der Waals surface area contributed by atoms with Gasteiger partial charge in [0.1, 0.15) is 5.82 Å². The number of carbonyl (C=O) groups excluding carboxylic acids is 1. The number of aliphatic carboxylic acids is 1. The highest BCUT2D eigenvalue weighted by atomic mass is 19.1. The molecule has 0 unspecified atom stereocenters. The third kappa shape index (κ3) is 5.51. The van der Waals surface area contributed by atoms with E-state index < -0.39 is 23.7 Å². The summed E-state index contributed by atoms with van der Waals surface area (Å²) in [7, 11) is 0. The largest absolute Gasteiger partial charge is 0.481 e. The van der Waals surface area contributed by atoms with Crippen molar-refractivity contribution in [3.8, 4) is 0 Å². The maximum absolute atomic E-state index is 15.3. The van der Waals surface area contributed by atoms with Crippen LogP contribution in [0.4, 0.5) is 26.4 Å². The van der Waals surface area contributed by atoms with Gasteiger partial charge in [0.2, 0.25) is 5.88 Å². The number of carboxylic acids is 1. The number of urea groups is 1. The summed E-state index contributed by atoms with van der Waals surface area (Å²) in [5, 5.41) is 18.6. The van der Waals surface area contributed by atoms with Gasteiger partial charge in [0.05, 0.1) is 23.0 Å². The molecule has 8 nitrogen and oxygen atoms in total. The number of carbonyl (C=O) groups is 2. The van der Waals surface area contributed by atoms with Crippen LogP contribution in [-0.2, 0) is 4.79 Å². The molecule has 2 aliphatic carbocycles. The van der Waals surface area contributed by atoms with Crippen molar-refractivity contribution in [1.82, 2.24) is 5.16 Å². The molecule has 2 saturated carbocycles. The van der Waals surface area contributed by atoms with E-state index in [0.717, 1.165) is 32.2 Å². The number of halogens is 1. The summed E-state index contributed by atoms with van der Waals surface area (Å²) in [5.74, 6) is -1.79. The fraction of sp³-hybridized carbons (Fsp3) is 0.560. The van der Waals surface area contributed by atoms with Crippen LogP contribution in [0.5, 0.6) is 0 Å². The number of hydrogen-bond donors (Lipinski definition) is 3. The van der Waals surface area contributed by atoms with Crippen LogP contribution in [0.15, 0.2) is 22.7 Å². The molecule has 2 aliphatic rings. The summed E-state index contributed by atoms with van der Waals surface area (Å²) in [6, 6.07) is 4.41. The Kier molecular flexibility index (Phi) is 7.09. The molecule has 34 heavy (non-hydrogen) atoms. The number of amides is 2. The Morgan fingerprint density at radius 1 is 1.21 bits per heavy atom. The van der Waals surface area contributed by atoms with Crippen molar-refractivity contribution in [2.24, 2.45) is 11.8 Å². The molecule has 0 spiro atoms. The minimum atomic E-state index is -0.926. The molecule has 1 aromatic heterocycles. The zero-order valence-electron chi connectivity index (χ0n) is 19.9. The molecule has 1 heterocycles. The second-order valence-corrected chi connectivity index (χ2v) is 9.93. The van der Waals surface area contributed by atoms with Gasteiger partial charge in [-0.25, -0.2) is 9.18 Å². The van der Waals surface area contributed by atoms with E-state index in [9.17, 15) is 14.7 Å². The Morgan fingerprint density at radius 3 is 2.53 bits per heavy atom. The molecule has 2 fully saturated rings. The van der Waals surface area contributed by atoms with Gasteiger partial charge < -0.3 is 19.8 Å². The van der Waals surface area contributed by atoms with Crippen LogP contribution in [-0.4, -0.2) is 34.9 Å². The Hall–Kier alpha value is -3.10. The van der Waals surface area contributed by atoms with Crippen molar-refractivity contribution < 1.29 is 23.6 Å². The summed E-state index contributed by atoms with van der Waals surface area (Å²) in [5.41, 5.74) is 2.05. The van der Waals surface area contributed by atoms with E-state index in [2.05, 4.69) is 34.5 Å². The van der Waals surface area contributed by atoms with Crippen molar-refractivity contribution in [2.75, 3.05) is 22.1 Å². The van der Waals surface area contributed by atoms with E-state index >= 15 is 4.39 Å². The summed E-state index contributed by atoms with van der Waals surface area (Å²) >= 11 is 0. The highest BCUT2D eigenvalue weighted by Crippen LogP contribution is 2.50. The molecule has 3 N–H and O–H groups in total. The Labute approximate surface area is 198 Å². The van der Waals surface area contributed by atoms with E-state index in [0.29, 0.717) is 35.0 Å². The molecule has 0 aliphatic heterocycles. The van der Waals surface area contributed by atoms with Gasteiger partial charge in [-0.05, 0) is 49.8 Å². The lowest BCUT2D eigenvalue weighted by molar-refractivity contribution is -0.138. The second kappa shape index (κ2) is 10.0. The fourth-order valence-electron chi connectivity index (χ4n) is 4.93. The molecular formula is C25H33FN4O4. The third-order valence-electron chi connectivity index (χ3n) is 6.62. The van der Waals surface area contributed by atoms with Gasteiger partial charge in [-0.3, -0.25) is 10.1 Å². The van der Waals surface area contributed by atoms with Crippen LogP contribution < -0.4 is 15.5 Å². The Morgan fingerprint density at radius 2 is 1.94 bits per heavy atom. The van der Waals surface area contributed by atoms with Crippen molar-refractivity contribution in [3.05, 3.63) is 35.3 Å². The number of anilines is 3. The summed E-state index contributed by atoms with van der Waals surface area (Å²) in [4.78, 5) is 26.4. The summed E-state index contributed by atoms with van der Waals surface area (Å²) in [6.45, 7) is 6.71. The molecule has 4 rings (SSSR count). The first-order valence-corrected chi connectivity index (χ1v) is 12.1. The quantitative estimate of drug-likeness (QED) is 0.452. The SMILES string of the molecule is Cc1cc(NC(=O)Nc2cc([C@H]3C[C@H]3C(=O)O)c(F)cc2N(CC(C)C)C2CCCCC2)on1. The van der Waals surface area contributed by atoms with Gasteiger partial charge in [0, 0.05) is 24.6 Å². The molecule has 2 amide bonds. The monoisotopic (exact) mass is 472 g/mol. The number of carboxylic acid groups (broad SMARTS) is 1. The first-order valence-electron chi connectivity index (χ1n) is 12.1. The lowest BCUT2D eigenvalue weighted by Gasteiger charge is -2.38. The number of nitrogens with one attached hydrogen (secondary N) is 2. The predicted molar refractivity (Wildman–Crippen MR) is 128 cm³/mol. The number of aryl methyl sites for hydroxylation is 1. The number of nitrogens with zero attached hydrogens (tertiary/aromatic N) is 2. The summed E-state index contributed by atoms with van der Waals surface area (Å²) < 4.78 is 20.4. The van der Waals surface area contributed by atoms with Crippen LogP contribution in [0.3, 0.4) is 0 Å². The first kappa shape index (κ1) is 24.0. The lowest BCUT2D eigenvalue weighted by Crippen LogP contribution is -2.40. The minimum Gasteiger partial charge on any atom is -0.481 e. The highest BCUT2D eigenvalue weighted by Gasteiger charge is 2.46. The average molecular weight is 473 g/mol. The number of rotatable bonds is 8. The van der Waals surface area contributed by atoms with Crippen molar-refractivity contribution in [1.29, 1.82) is 0 Å². The van der Waals surface area contributed by atoms with Gasteiger partial charge >= 0.3 is 12.0 Å². The van der Waals surface area contributed by atoms with E-state index in [-0.39, 0.29) is 17.8 Å². The molecular weight excluding hydrogens is 439 g/mol. The normalized spacial score (nSPS) is 20.3. The zero-order valence-corrected chi connectivity index (χ0v) is 19.9. The van der Waals surface area contributed by atoms with Gasteiger partial charge in [-0.2, -0.15) is 0 Å². The van der Waals surface area contributed by atoms with Crippen LogP contribution in [0.25, 0.3) is 0 Å². The number of aromatic nitrogens is 1. The molecule has 0 saturated heterocycles. The van der Waals surface area contributed by atoms with Crippen molar-refractivity contribution in [2.45, 2.75) is 71.3 Å². The van der Waals surface area contributed by atoms with Crippen molar-refractivity contribution in [3.63, 3.8) is 0 Å². The smallest absolute Gasteiger partial charge is 0.326 e. The maximum atomic E-state index is 15.3. The second-order valence-electron chi connectivity index (χ2n) is 9.93. The number of hydrogen-bond acceptors (Lipinski definition) is 5.